The van der Waals surface area contributed by atoms with Gasteiger partial charge in [-0.15, -0.1) is 0 Å². The highest BCUT2D eigenvalue weighted by Gasteiger charge is 2.28. The predicted octanol–water partition coefficient (Wildman–Crippen LogP) is 2.43. The van der Waals surface area contributed by atoms with E-state index in [1.54, 1.807) is 16.4 Å². The summed E-state index contributed by atoms with van der Waals surface area (Å²) < 4.78 is 30.0. The van der Waals surface area contributed by atoms with Crippen molar-refractivity contribution in [2.45, 2.75) is 19.8 Å². The summed E-state index contributed by atoms with van der Waals surface area (Å²) in [6, 6.07) is 7.19. The highest BCUT2D eigenvalue weighted by atomic mass is 79.9. The number of anilines is 1. The fourth-order valence-corrected chi connectivity index (χ4v) is 4.26. The number of nitrogens with zero attached hydrogens (tertiary/aromatic N) is 1. The smallest absolute Gasteiger partial charge is 0.301 e. The molecule has 1 atom stereocenters. The first-order valence-electron chi connectivity index (χ1n) is 7.25. The van der Waals surface area contributed by atoms with Gasteiger partial charge in [-0.2, -0.15) is 12.7 Å². The van der Waals surface area contributed by atoms with E-state index in [1.807, 2.05) is 12.1 Å². The van der Waals surface area contributed by atoms with Gasteiger partial charge < -0.3 is 5.32 Å². The maximum absolute atomic E-state index is 12.5. The van der Waals surface area contributed by atoms with Gasteiger partial charge in [-0.25, -0.2) is 0 Å². The van der Waals surface area contributed by atoms with Gasteiger partial charge in [0.1, 0.15) is 0 Å². The van der Waals surface area contributed by atoms with Crippen molar-refractivity contribution in [2.24, 2.45) is 5.92 Å². The minimum absolute atomic E-state index is 0.387. The predicted molar refractivity (Wildman–Crippen MR) is 89.5 cm³/mol. The Morgan fingerprint density at radius 2 is 2.24 bits per heavy atom. The van der Waals surface area contributed by atoms with Crippen LogP contribution in [-0.4, -0.2) is 38.9 Å². The summed E-state index contributed by atoms with van der Waals surface area (Å²) in [5.74, 6) is 0.387. The minimum atomic E-state index is -3.48. The highest BCUT2D eigenvalue weighted by molar-refractivity contribution is 9.10. The summed E-state index contributed by atoms with van der Waals surface area (Å²) in [5.41, 5.74) is 0.582. The van der Waals surface area contributed by atoms with E-state index in [0.29, 0.717) is 24.7 Å². The van der Waals surface area contributed by atoms with Crippen molar-refractivity contribution >= 4 is 31.8 Å². The average Bonchev–Trinajstić information content (AvgIpc) is 2.45. The molecule has 1 unspecified atom stereocenters. The van der Waals surface area contributed by atoms with Crippen LogP contribution >= 0.6 is 15.9 Å². The number of piperidine rings is 1. The number of rotatable bonds is 6. The molecule has 0 amide bonds. The fourth-order valence-electron chi connectivity index (χ4n) is 2.53. The average molecular weight is 376 g/mol. The molecular weight excluding hydrogens is 354 g/mol. The molecule has 0 aliphatic carbocycles. The Morgan fingerprint density at radius 1 is 1.43 bits per heavy atom. The van der Waals surface area contributed by atoms with Gasteiger partial charge in [-0.1, -0.05) is 28.9 Å². The van der Waals surface area contributed by atoms with Crippen LogP contribution in [0.3, 0.4) is 0 Å². The lowest BCUT2D eigenvalue weighted by atomic mass is 10.00. The number of halogens is 1. The quantitative estimate of drug-likeness (QED) is 0.802. The van der Waals surface area contributed by atoms with Crippen LogP contribution in [0.1, 0.15) is 19.8 Å². The molecule has 118 valence electrons. The molecule has 1 aromatic rings. The minimum Gasteiger partial charge on any atom is -0.317 e. The SMILES string of the molecule is CCNCC1CCCN(S(=O)(=O)Nc2cccc(Br)c2)C1. The third-order valence-corrected chi connectivity index (χ3v) is 5.57. The van der Waals surface area contributed by atoms with Gasteiger partial charge >= 0.3 is 10.2 Å². The van der Waals surface area contributed by atoms with Crippen LogP contribution in [0.25, 0.3) is 0 Å². The molecule has 1 saturated heterocycles. The largest absolute Gasteiger partial charge is 0.317 e. The second-order valence-electron chi connectivity index (χ2n) is 5.29. The summed E-state index contributed by atoms with van der Waals surface area (Å²) in [7, 11) is -3.48. The van der Waals surface area contributed by atoms with E-state index in [0.717, 1.165) is 30.4 Å². The Balaban J connectivity index is 2.01. The van der Waals surface area contributed by atoms with Crippen molar-refractivity contribution < 1.29 is 8.42 Å². The molecule has 5 nitrogen and oxygen atoms in total. The van der Waals surface area contributed by atoms with Gasteiger partial charge in [0, 0.05) is 17.6 Å². The Bertz CT molecular complexity index is 565. The lowest BCUT2D eigenvalue weighted by Gasteiger charge is -2.32. The lowest BCUT2D eigenvalue weighted by molar-refractivity contribution is 0.262. The van der Waals surface area contributed by atoms with Gasteiger partial charge in [0.25, 0.3) is 0 Å². The summed E-state index contributed by atoms with van der Waals surface area (Å²) in [6.07, 6.45) is 1.99. The van der Waals surface area contributed by atoms with Crippen LogP contribution in [0.4, 0.5) is 5.69 Å². The summed E-state index contributed by atoms with van der Waals surface area (Å²) in [6.45, 7) is 5.02. The first-order valence-corrected chi connectivity index (χ1v) is 9.48. The molecule has 2 N–H and O–H groups in total. The number of nitrogens with one attached hydrogen (secondary N) is 2. The molecule has 2 rings (SSSR count). The van der Waals surface area contributed by atoms with Gasteiger partial charge in [0.2, 0.25) is 0 Å². The topological polar surface area (TPSA) is 61.4 Å². The normalized spacial score (nSPS) is 20.4. The van der Waals surface area contributed by atoms with E-state index in [1.165, 1.54) is 0 Å². The molecule has 1 aliphatic heterocycles. The number of hydrogen-bond acceptors (Lipinski definition) is 3. The van der Waals surface area contributed by atoms with Crippen LogP contribution in [0.5, 0.6) is 0 Å². The first kappa shape index (κ1) is 16.7. The van der Waals surface area contributed by atoms with Crippen LogP contribution in [0.2, 0.25) is 0 Å². The summed E-state index contributed by atoms with van der Waals surface area (Å²) >= 11 is 3.35. The zero-order valence-corrected chi connectivity index (χ0v) is 14.6. The van der Waals surface area contributed by atoms with Gasteiger partial charge in [-0.3, -0.25) is 4.72 Å². The Hall–Kier alpha value is -0.630. The molecule has 0 saturated carbocycles. The van der Waals surface area contributed by atoms with E-state index in [9.17, 15) is 8.42 Å². The molecule has 1 aliphatic rings. The van der Waals surface area contributed by atoms with E-state index in [4.69, 9.17) is 0 Å². The molecular formula is C14H22BrN3O2S. The zero-order chi connectivity index (χ0) is 15.3. The first-order chi connectivity index (χ1) is 10.0. The van der Waals surface area contributed by atoms with E-state index < -0.39 is 10.2 Å². The van der Waals surface area contributed by atoms with Crippen molar-refractivity contribution in [1.29, 1.82) is 0 Å². The third-order valence-electron chi connectivity index (χ3n) is 3.58. The number of hydrogen-bond donors (Lipinski definition) is 2. The Kier molecular flexibility index (Phi) is 6.04. The zero-order valence-electron chi connectivity index (χ0n) is 12.2. The van der Waals surface area contributed by atoms with Crippen molar-refractivity contribution in [2.75, 3.05) is 30.9 Å². The van der Waals surface area contributed by atoms with Crippen LogP contribution in [0, 0.1) is 5.92 Å². The molecule has 0 aromatic heterocycles. The maximum atomic E-state index is 12.5. The van der Waals surface area contributed by atoms with Gasteiger partial charge in [-0.05, 0) is 50.0 Å². The van der Waals surface area contributed by atoms with E-state index in [-0.39, 0.29) is 0 Å². The Morgan fingerprint density at radius 3 is 2.95 bits per heavy atom. The van der Waals surface area contributed by atoms with Crippen LogP contribution in [0.15, 0.2) is 28.7 Å². The third kappa shape index (κ3) is 4.95. The lowest BCUT2D eigenvalue weighted by Crippen LogP contribution is -2.45. The molecule has 1 fully saturated rings. The molecule has 0 spiro atoms. The molecule has 0 radical (unpaired) electrons. The highest BCUT2D eigenvalue weighted by Crippen LogP contribution is 2.22. The summed E-state index contributed by atoms with van der Waals surface area (Å²) in [5, 5.41) is 3.30. The molecule has 21 heavy (non-hydrogen) atoms. The standard InChI is InChI=1S/C14H22BrN3O2S/c1-2-16-10-12-5-4-8-18(11-12)21(19,20)17-14-7-3-6-13(15)9-14/h3,6-7,9,12,16-17H,2,4-5,8,10-11H2,1H3. The van der Waals surface area contributed by atoms with Crippen molar-refractivity contribution in [3.05, 3.63) is 28.7 Å². The molecule has 1 aromatic carbocycles. The Labute approximate surface area is 135 Å². The van der Waals surface area contributed by atoms with Gasteiger partial charge in [0.15, 0.2) is 0 Å². The van der Waals surface area contributed by atoms with Crippen molar-refractivity contribution in [1.82, 2.24) is 9.62 Å². The van der Waals surface area contributed by atoms with E-state index in [2.05, 4.69) is 32.9 Å². The summed E-state index contributed by atoms with van der Waals surface area (Å²) in [4.78, 5) is 0. The fraction of sp³-hybridized carbons (Fsp3) is 0.571. The molecule has 0 bridgehead atoms. The van der Waals surface area contributed by atoms with Crippen molar-refractivity contribution in [3.63, 3.8) is 0 Å². The van der Waals surface area contributed by atoms with Crippen LogP contribution in [-0.2, 0) is 10.2 Å². The monoisotopic (exact) mass is 375 g/mol. The number of benzene rings is 1. The van der Waals surface area contributed by atoms with E-state index >= 15 is 0 Å². The molecule has 1 heterocycles. The molecule has 7 heteroatoms. The second-order valence-corrected chi connectivity index (χ2v) is 7.88. The second kappa shape index (κ2) is 7.58. The maximum Gasteiger partial charge on any atom is 0.301 e. The van der Waals surface area contributed by atoms with Crippen LogP contribution < -0.4 is 10.0 Å². The van der Waals surface area contributed by atoms with Gasteiger partial charge in [0.05, 0.1) is 5.69 Å². The van der Waals surface area contributed by atoms with Crippen molar-refractivity contribution in [3.8, 4) is 0 Å².